The molecule has 3 N–H and O–H groups in total. The Morgan fingerprint density at radius 3 is 2.97 bits per heavy atom. The van der Waals surface area contributed by atoms with Crippen LogP contribution in [0.15, 0.2) is 18.5 Å². The van der Waals surface area contributed by atoms with E-state index in [9.17, 15) is 13.6 Å². The summed E-state index contributed by atoms with van der Waals surface area (Å²) in [5.74, 6) is -3.47. The molecule has 1 saturated carbocycles. The minimum Gasteiger partial charge on any atom is -0.361 e. The molecule has 9 heteroatoms. The molecule has 2 aliphatic rings. The SMILES string of the molecule is CCc1sc(C(=O)NC2C(N)CCCC2(F)F)cc1-c1cnn2c1C=CN(C)C2. The van der Waals surface area contributed by atoms with Crippen LogP contribution in [0.3, 0.4) is 0 Å². The molecule has 2 atom stereocenters. The van der Waals surface area contributed by atoms with Gasteiger partial charge in [0.05, 0.1) is 16.8 Å². The van der Waals surface area contributed by atoms with Crippen molar-refractivity contribution in [3.63, 3.8) is 0 Å². The second kappa shape index (κ2) is 7.53. The normalized spacial score (nSPS) is 23.1. The molecular weight excluding hydrogens is 396 g/mol. The van der Waals surface area contributed by atoms with E-state index in [0.29, 0.717) is 24.4 Å². The van der Waals surface area contributed by atoms with Gasteiger partial charge in [-0.3, -0.25) is 4.79 Å². The number of halogens is 2. The average Bonchev–Trinajstić information content (AvgIpc) is 3.27. The predicted molar refractivity (Wildman–Crippen MR) is 110 cm³/mol. The van der Waals surface area contributed by atoms with E-state index >= 15 is 0 Å². The lowest BCUT2D eigenvalue weighted by atomic mass is 9.87. The van der Waals surface area contributed by atoms with Crippen LogP contribution in [-0.2, 0) is 13.1 Å². The van der Waals surface area contributed by atoms with Crippen LogP contribution in [0.5, 0.6) is 0 Å². The molecule has 2 unspecified atom stereocenters. The lowest BCUT2D eigenvalue weighted by Crippen LogP contribution is -2.59. The molecule has 1 aliphatic heterocycles. The van der Waals surface area contributed by atoms with Crippen molar-refractivity contribution in [3.05, 3.63) is 33.9 Å². The predicted octanol–water partition coefficient (Wildman–Crippen LogP) is 3.29. The maximum atomic E-state index is 14.3. The van der Waals surface area contributed by atoms with E-state index in [1.54, 1.807) is 12.3 Å². The van der Waals surface area contributed by atoms with Crippen molar-refractivity contribution < 1.29 is 13.6 Å². The highest BCUT2D eigenvalue weighted by atomic mass is 32.1. The van der Waals surface area contributed by atoms with Gasteiger partial charge in [-0.15, -0.1) is 11.3 Å². The molecule has 156 valence electrons. The molecule has 1 aliphatic carbocycles. The zero-order valence-electron chi connectivity index (χ0n) is 16.5. The number of fused-ring (bicyclic) bond motifs is 1. The zero-order chi connectivity index (χ0) is 20.8. The van der Waals surface area contributed by atoms with Gasteiger partial charge in [-0.05, 0) is 31.4 Å². The molecule has 2 aromatic heterocycles. The first-order valence-electron chi connectivity index (χ1n) is 9.81. The van der Waals surface area contributed by atoms with Crippen molar-refractivity contribution in [3.8, 4) is 11.1 Å². The van der Waals surface area contributed by atoms with E-state index in [2.05, 4.69) is 10.4 Å². The van der Waals surface area contributed by atoms with E-state index in [4.69, 9.17) is 5.73 Å². The second-order valence-corrected chi connectivity index (χ2v) is 8.86. The Kier molecular flexibility index (Phi) is 5.20. The van der Waals surface area contributed by atoms with Crippen LogP contribution < -0.4 is 11.1 Å². The number of aromatic nitrogens is 2. The average molecular weight is 422 g/mol. The van der Waals surface area contributed by atoms with Crippen molar-refractivity contribution in [1.82, 2.24) is 20.0 Å². The van der Waals surface area contributed by atoms with Gasteiger partial charge in [0.15, 0.2) is 0 Å². The third-order valence-electron chi connectivity index (χ3n) is 5.59. The summed E-state index contributed by atoms with van der Waals surface area (Å²) >= 11 is 1.34. The maximum absolute atomic E-state index is 14.3. The number of nitrogens with two attached hydrogens (primary N) is 1. The van der Waals surface area contributed by atoms with Gasteiger partial charge in [0.25, 0.3) is 11.8 Å². The first-order chi connectivity index (χ1) is 13.8. The lowest BCUT2D eigenvalue weighted by Gasteiger charge is -2.36. The van der Waals surface area contributed by atoms with E-state index in [-0.39, 0.29) is 6.42 Å². The fraction of sp³-hybridized carbons (Fsp3) is 0.500. The van der Waals surface area contributed by atoms with Crippen molar-refractivity contribution in [1.29, 1.82) is 0 Å². The Labute approximate surface area is 172 Å². The Morgan fingerprint density at radius 1 is 1.45 bits per heavy atom. The fourth-order valence-corrected chi connectivity index (χ4v) is 5.03. The maximum Gasteiger partial charge on any atom is 0.269 e. The molecule has 29 heavy (non-hydrogen) atoms. The van der Waals surface area contributed by atoms with Crippen molar-refractivity contribution in [2.45, 2.75) is 57.3 Å². The Morgan fingerprint density at radius 2 is 2.24 bits per heavy atom. The van der Waals surface area contributed by atoms with Crippen LogP contribution in [0.2, 0.25) is 0 Å². The monoisotopic (exact) mass is 421 g/mol. The van der Waals surface area contributed by atoms with Gasteiger partial charge in [-0.25, -0.2) is 13.5 Å². The molecule has 0 bridgehead atoms. The van der Waals surface area contributed by atoms with Gasteiger partial charge in [0.1, 0.15) is 12.7 Å². The van der Waals surface area contributed by atoms with Crippen LogP contribution in [0, 0.1) is 0 Å². The van der Waals surface area contributed by atoms with E-state index in [1.165, 1.54) is 11.3 Å². The molecule has 1 fully saturated rings. The van der Waals surface area contributed by atoms with Crippen LogP contribution in [0.1, 0.15) is 46.4 Å². The van der Waals surface area contributed by atoms with Gasteiger partial charge in [0, 0.05) is 41.7 Å². The highest BCUT2D eigenvalue weighted by Crippen LogP contribution is 2.37. The molecule has 2 aromatic rings. The van der Waals surface area contributed by atoms with Crippen molar-refractivity contribution in [2.24, 2.45) is 5.73 Å². The Balaban J connectivity index is 1.62. The molecule has 0 aromatic carbocycles. The van der Waals surface area contributed by atoms with Crippen LogP contribution in [0.25, 0.3) is 17.2 Å². The summed E-state index contributed by atoms with van der Waals surface area (Å²) in [7, 11) is 1.97. The molecule has 0 radical (unpaired) electrons. The number of amides is 1. The van der Waals surface area contributed by atoms with E-state index in [0.717, 1.165) is 28.1 Å². The topological polar surface area (TPSA) is 76.2 Å². The molecule has 4 rings (SSSR count). The lowest BCUT2D eigenvalue weighted by molar-refractivity contribution is -0.0674. The number of aryl methyl sites for hydroxylation is 1. The summed E-state index contributed by atoms with van der Waals surface area (Å²) in [4.78, 5) is 16.3. The summed E-state index contributed by atoms with van der Waals surface area (Å²) in [5.41, 5.74) is 8.74. The number of thiophene rings is 1. The summed E-state index contributed by atoms with van der Waals surface area (Å²) in [6.07, 6.45) is 7.13. The van der Waals surface area contributed by atoms with Crippen LogP contribution in [-0.4, -0.2) is 45.6 Å². The highest BCUT2D eigenvalue weighted by molar-refractivity contribution is 7.14. The number of nitrogens with one attached hydrogen (secondary N) is 1. The molecule has 3 heterocycles. The molecule has 0 saturated heterocycles. The Hall–Kier alpha value is -2.26. The Bertz CT molecular complexity index is 951. The quantitative estimate of drug-likeness (QED) is 0.794. The van der Waals surface area contributed by atoms with Crippen molar-refractivity contribution in [2.75, 3.05) is 7.05 Å². The highest BCUT2D eigenvalue weighted by Gasteiger charge is 2.46. The summed E-state index contributed by atoms with van der Waals surface area (Å²) < 4.78 is 30.4. The number of alkyl halides is 2. The number of nitrogens with zero attached hydrogens (tertiary/aromatic N) is 3. The molecular formula is C20H25F2N5OS. The van der Waals surface area contributed by atoms with Crippen LogP contribution in [0.4, 0.5) is 8.78 Å². The standard InChI is InChI=1S/C20H25F2N5OS/c1-3-16-12(13-10-24-27-11-26(2)8-6-15(13)27)9-17(29-16)19(28)25-18-14(23)5-4-7-20(18,21)22/h6,8-10,14,18H,3-5,7,11,23H2,1-2H3,(H,25,28). The number of carbonyl (C=O) groups excluding carboxylic acids is 1. The first-order valence-corrected chi connectivity index (χ1v) is 10.6. The summed E-state index contributed by atoms with van der Waals surface area (Å²) in [5, 5.41) is 6.96. The number of hydrogen-bond donors (Lipinski definition) is 2. The van der Waals surface area contributed by atoms with E-state index in [1.807, 2.05) is 35.8 Å². The molecule has 1 amide bonds. The zero-order valence-corrected chi connectivity index (χ0v) is 17.3. The van der Waals surface area contributed by atoms with Gasteiger partial charge >= 0.3 is 0 Å². The number of rotatable bonds is 4. The third kappa shape index (κ3) is 3.69. The van der Waals surface area contributed by atoms with Gasteiger partial charge in [-0.2, -0.15) is 5.10 Å². The van der Waals surface area contributed by atoms with Crippen LogP contribution >= 0.6 is 11.3 Å². The first kappa shape index (κ1) is 20.0. The van der Waals surface area contributed by atoms with Gasteiger partial charge < -0.3 is 16.0 Å². The largest absolute Gasteiger partial charge is 0.361 e. The fourth-order valence-electron chi connectivity index (χ4n) is 4.01. The summed E-state index contributed by atoms with van der Waals surface area (Å²) in [6.45, 7) is 2.67. The second-order valence-electron chi connectivity index (χ2n) is 7.73. The molecule has 0 spiro atoms. The van der Waals surface area contributed by atoms with E-state index < -0.39 is 23.9 Å². The minimum atomic E-state index is -2.98. The molecule has 6 nitrogen and oxygen atoms in total. The van der Waals surface area contributed by atoms with Crippen molar-refractivity contribution >= 4 is 23.3 Å². The number of hydrogen-bond acceptors (Lipinski definition) is 5. The summed E-state index contributed by atoms with van der Waals surface area (Å²) in [6, 6.07) is -0.283. The minimum absolute atomic E-state index is 0.245. The number of carbonyl (C=O) groups is 1. The van der Waals surface area contributed by atoms with Gasteiger partial charge in [-0.1, -0.05) is 6.92 Å². The third-order valence-corrected chi connectivity index (χ3v) is 6.86. The smallest absolute Gasteiger partial charge is 0.269 e. The van der Waals surface area contributed by atoms with Gasteiger partial charge in [0.2, 0.25) is 0 Å².